The molecule has 1 aromatic carbocycles. The van der Waals surface area contributed by atoms with Gasteiger partial charge < -0.3 is 15.0 Å². The van der Waals surface area contributed by atoms with Crippen molar-refractivity contribution in [3.8, 4) is 5.75 Å². The van der Waals surface area contributed by atoms with Crippen molar-refractivity contribution < 1.29 is 9.53 Å². The summed E-state index contributed by atoms with van der Waals surface area (Å²) in [6, 6.07) is 7.69. The number of ether oxygens (including phenoxy) is 1. The normalized spacial score (nSPS) is 22.2. The predicted octanol–water partition coefficient (Wildman–Crippen LogP) is 4.58. The number of rotatable bonds is 2. The van der Waals surface area contributed by atoms with E-state index in [4.69, 9.17) is 4.74 Å². The number of piperidine rings is 3. The van der Waals surface area contributed by atoms with Gasteiger partial charge in [0, 0.05) is 6.04 Å². The van der Waals surface area contributed by atoms with Crippen LogP contribution in [0.5, 0.6) is 5.75 Å². The third-order valence-electron chi connectivity index (χ3n) is 4.90. The van der Waals surface area contributed by atoms with Gasteiger partial charge in [-0.3, -0.25) is 0 Å². The standard InChI is InChI=1S/C14H21NO2.C7H13N/c1-10(2)15-13(16)17-12-8-6-11(7-9-12)14(3,4)5;1-4-8-5-2-7(1)3-6-8/h6-10H,1-5H3,(H,15,16);7H,1-6H2. The molecule has 140 valence electrons. The van der Waals surface area contributed by atoms with E-state index in [1.807, 2.05) is 38.1 Å². The molecule has 2 bridgehead atoms. The summed E-state index contributed by atoms with van der Waals surface area (Å²) in [7, 11) is 0. The molecule has 0 radical (unpaired) electrons. The first-order valence-electron chi connectivity index (χ1n) is 9.55. The third kappa shape index (κ3) is 6.69. The fourth-order valence-electron chi connectivity index (χ4n) is 3.26. The Bertz CT molecular complexity index is 515. The Labute approximate surface area is 152 Å². The van der Waals surface area contributed by atoms with Crippen LogP contribution in [-0.4, -0.2) is 36.7 Å². The topological polar surface area (TPSA) is 41.6 Å². The second-order valence-electron chi connectivity index (χ2n) is 8.54. The van der Waals surface area contributed by atoms with Gasteiger partial charge in [0.05, 0.1) is 0 Å². The van der Waals surface area contributed by atoms with Gasteiger partial charge in [0.25, 0.3) is 0 Å². The highest BCUT2D eigenvalue weighted by atomic mass is 16.6. The highest BCUT2D eigenvalue weighted by Gasteiger charge is 2.24. The Kier molecular flexibility index (Phi) is 6.88. The minimum Gasteiger partial charge on any atom is -0.410 e. The largest absolute Gasteiger partial charge is 0.412 e. The van der Waals surface area contributed by atoms with Crippen LogP contribution < -0.4 is 10.1 Å². The van der Waals surface area contributed by atoms with E-state index in [1.165, 1.54) is 44.5 Å². The molecule has 0 aliphatic carbocycles. The van der Waals surface area contributed by atoms with Crippen LogP contribution in [0.15, 0.2) is 24.3 Å². The number of fused-ring (bicyclic) bond motifs is 3. The zero-order chi connectivity index (χ0) is 18.4. The molecule has 1 aromatic rings. The van der Waals surface area contributed by atoms with Gasteiger partial charge in [-0.15, -0.1) is 0 Å². The molecule has 4 nitrogen and oxygen atoms in total. The van der Waals surface area contributed by atoms with Gasteiger partial charge in [0.2, 0.25) is 0 Å². The quantitative estimate of drug-likeness (QED) is 0.852. The van der Waals surface area contributed by atoms with Crippen LogP contribution >= 0.6 is 0 Å². The first kappa shape index (κ1) is 19.8. The van der Waals surface area contributed by atoms with Crippen molar-refractivity contribution in [3.63, 3.8) is 0 Å². The summed E-state index contributed by atoms with van der Waals surface area (Å²) in [4.78, 5) is 14.0. The van der Waals surface area contributed by atoms with E-state index in [-0.39, 0.29) is 11.5 Å². The summed E-state index contributed by atoms with van der Waals surface area (Å²) in [5.74, 6) is 1.68. The molecule has 0 atom stereocenters. The van der Waals surface area contributed by atoms with E-state index < -0.39 is 6.09 Å². The van der Waals surface area contributed by atoms with Crippen LogP contribution in [0.3, 0.4) is 0 Å². The van der Waals surface area contributed by atoms with Gasteiger partial charge >= 0.3 is 6.09 Å². The van der Waals surface area contributed by atoms with Crippen LogP contribution in [0.1, 0.15) is 59.4 Å². The van der Waals surface area contributed by atoms with Crippen molar-refractivity contribution in [2.24, 2.45) is 5.92 Å². The molecule has 4 heteroatoms. The SMILES string of the molecule is C1CN2CCC1CC2.CC(C)NC(=O)Oc1ccc(C(C)(C)C)cc1. The monoisotopic (exact) mass is 346 g/mol. The maximum absolute atomic E-state index is 11.4. The number of hydrogen-bond acceptors (Lipinski definition) is 3. The van der Waals surface area contributed by atoms with Crippen molar-refractivity contribution >= 4 is 6.09 Å². The van der Waals surface area contributed by atoms with Gasteiger partial charge in [-0.2, -0.15) is 0 Å². The van der Waals surface area contributed by atoms with E-state index in [0.29, 0.717) is 5.75 Å². The summed E-state index contributed by atoms with van der Waals surface area (Å²) >= 11 is 0. The summed E-state index contributed by atoms with van der Waals surface area (Å²) in [6.45, 7) is 14.4. The molecule has 0 aromatic heterocycles. The average Bonchev–Trinajstić information content (AvgIpc) is 2.56. The van der Waals surface area contributed by atoms with E-state index in [0.717, 1.165) is 5.92 Å². The molecular weight excluding hydrogens is 312 g/mol. The lowest BCUT2D eigenvalue weighted by Crippen LogP contribution is -2.41. The zero-order valence-electron chi connectivity index (χ0n) is 16.5. The van der Waals surface area contributed by atoms with Gasteiger partial charge in [-0.25, -0.2) is 4.79 Å². The highest BCUT2D eigenvalue weighted by Crippen LogP contribution is 2.26. The van der Waals surface area contributed by atoms with Gasteiger partial charge in [0.15, 0.2) is 0 Å². The molecule has 0 unspecified atom stereocenters. The maximum atomic E-state index is 11.4. The molecule has 3 fully saturated rings. The fraction of sp³-hybridized carbons (Fsp3) is 0.667. The van der Waals surface area contributed by atoms with Gasteiger partial charge in [-0.1, -0.05) is 32.9 Å². The third-order valence-corrected chi connectivity index (χ3v) is 4.90. The molecule has 3 heterocycles. The Hall–Kier alpha value is -1.55. The number of nitrogens with zero attached hydrogens (tertiary/aromatic N) is 1. The number of hydrogen-bond donors (Lipinski definition) is 1. The van der Waals surface area contributed by atoms with E-state index in [9.17, 15) is 4.79 Å². The van der Waals surface area contributed by atoms with Gasteiger partial charge in [0.1, 0.15) is 5.75 Å². The lowest BCUT2D eigenvalue weighted by atomic mass is 9.87. The molecule has 25 heavy (non-hydrogen) atoms. The first-order chi connectivity index (χ1) is 11.7. The van der Waals surface area contributed by atoms with Crippen LogP contribution in [0, 0.1) is 5.92 Å². The number of carbonyl (C=O) groups is 1. The van der Waals surface area contributed by atoms with Crippen molar-refractivity contribution in [1.82, 2.24) is 10.2 Å². The number of nitrogens with one attached hydrogen (secondary N) is 1. The van der Waals surface area contributed by atoms with Crippen molar-refractivity contribution in [1.29, 1.82) is 0 Å². The van der Waals surface area contributed by atoms with Crippen molar-refractivity contribution in [2.75, 3.05) is 19.6 Å². The van der Waals surface area contributed by atoms with Crippen LogP contribution in [0.25, 0.3) is 0 Å². The summed E-state index contributed by atoms with van der Waals surface area (Å²) in [5, 5.41) is 2.67. The van der Waals surface area contributed by atoms with Crippen LogP contribution in [0.2, 0.25) is 0 Å². The van der Waals surface area contributed by atoms with Crippen LogP contribution in [0.4, 0.5) is 4.79 Å². The van der Waals surface area contributed by atoms with Crippen molar-refractivity contribution in [2.45, 2.75) is 65.3 Å². The smallest absolute Gasteiger partial charge is 0.410 e. The Morgan fingerprint density at radius 1 is 1.08 bits per heavy atom. The summed E-state index contributed by atoms with van der Waals surface area (Å²) in [5.41, 5.74) is 1.33. The van der Waals surface area contributed by atoms with E-state index >= 15 is 0 Å². The number of benzene rings is 1. The summed E-state index contributed by atoms with van der Waals surface area (Å²) < 4.78 is 5.14. The average molecular weight is 347 g/mol. The molecule has 0 spiro atoms. The van der Waals surface area contributed by atoms with E-state index in [1.54, 1.807) is 0 Å². The van der Waals surface area contributed by atoms with Gasteiger partial charge in [-0.05, 0) is 81.8 Å². The number of amides is 1. The lowest BCUT2D eigenvalue weighted by molar-refractivity contribution is 0.111. The Balaban J connectivity index is 0.000000230. The minimum atomic E-state index is -0.413. The fourth-order valence-corrected chi connectivity index (χ4v) is 3.26. The second-order valence-corrected chi connectivity index (χ2v) is 8.54. The molecule has 4 rings (SSSR count). The van der Waals surface area contributed by atoms with E-state index in [2.05, 4.69) is 31.0 Å². The minimum absolute atomic E-state index is 0.0800. The molecule has 3 saturated heterocycles. The molecule has 1 amide bonds. The molecule has 3 aliphatic heterocycles. The zero-order valence-corrected chi connectivity index (χ0v) is 16.5. The first-order valence-corrected chi connectivity index (χ1v) is 9.55. The molecule has 0 saturated carbocycles. The maximum Gasteiger partial charge on any atom is 0.412 e. The Morgan fingerprint density at radius 2 is 1.60 bits per heavy atom. The number of carbonyl (C=O) groups excluding carboxylic acids is 1. The molecule has 3 aliphatic rings. The molecular formula is C21H34N2O2. The predicted molar refractivity (Wildman–Crippen MR) is 103 cm³/mol. The summed E-state index contributed by atoms with van der Waals surface area (Å²) in [6.07, 6.45) is 4.04. The van der Waals surface area contributed by atoms with Crippen LogP contribution in [-0.2, 0) is 5.41 Å². The second kappa shape index (κ2) is 8.70. The lowest BCUT2D eigenvalue weighted by Gasteiger charge is -2.38. The highest BCUT2D eigenvalue weighted by molar-refractivity contribution is 5.70. The molecule has 1 N–H and O–H groups in total. The van der Waals surface area contributed by atoms with Crippen molar-refractivity contribution in [3.05, 3.63) is 29.8 Å². The Morgan fingerprint density at radius 3 is 1.92 bits per heavy atom.